The van der Waals surface area contributed by atoms with E-state index in [-0.39, 0.29) is 22.2 Å². The minimum absolute atomic E-state index is 0.0678. The van der Waals surface area contributed by atoms with Crippen molar-refractivity contribution in [1.29, 1.82) is 0 Å². The number of nitrogens with zero attached hydrogens (tertiary/aromatic N) is 2. The van der Waals surface area contributed by atoms with Crippen LogP contribution in [-0.2, 0) is 15.0 Å². The lowest BCUT2D eigenvalue weighted by Crippen LogP contribution is -2.29. The molecule has 0 aromatic heterocycles. The fourth-order valence-electron chi connectivity index (χ4n) is 4.27. The highest BCUT2D eigenvalue weighted by molar-refractivity contribution is 6.51. The van der Waals surface area contributed by atoms with Gasteiger partial charge < -0.3 is 9.84 Å². The van der Waals surface area contributed by atoms with Crippen molar-refractivity contribution < 1.29 is 24.4 Å². The minimum atomic E-state index is -0.972. The lowest BCUT2D eigenvalue weighted by Gasteiger charge is -2.27. The van der Waals surface area contributed by atoms with Gasteiger partial charge in [0.1, 0.15) is 11.5 Å². The lowest BCUT2D eigenvalue weighted by atomic mass is 9.87. The number of hydrogen-bond donors (Lipinski definition) is 1. The quantitative estimate of drug-likeness (QED) is 0.167. The Hall–Kier alpha value is -4.46. The Labute approximate surface area is 208 Å². The van der Waals surface area contributed by atoms with Crippen LogP contribution in [0.2, 0.25) is 0 Å². The molecule has 0 radical (unpaired) electrons. The van der Waals surface area contributed by atoms with Crippen LogP contribution in [0.5, 0.6) is 5.75 Å². The van der Waals surface area contributed by atoms with Crippen molar-refractivity contribution in [2.45, 2.75) is 32.2 Å². The topological polar surface area (TPSA) is 110 Å². The van der Waals surface area contributed by atoms with E-state index in [1.807, 2.05) is 12.1 Å². The Kier molecular flexibility index (Phi) is 6.37. The van der Waals surface area contributed by atoms with Crippen molar-refractivity contribution in [2.24, 2.45) is 0 Å². The first kappa shape index (κ1) is 24.7. The molecule has 1 saturated heterocycles. The molecule has 8 nitrogen and oxygen atoms in total. The largest absolute Gasteiger partial charge is 0.507 e. The zero-order valence-electron chi connectivity index (χ0n) is 20.4. The second kappa shape index (κ2) is 9.30. The highest BCUT2D eigenvalue weighted by Gasteiger charge is 2.47. The van der Waals surface area contributed by atoms with Crippen molar-refractivity contribution in [3.63, 3.8) is 0 Å². The summed E-state index contributed by atoms with van der Waals surface area (Å²) in [7, 11) is 1.50. The molecule has 1 heterocycles. The van der Waals surface area contributed by atoms with Crippen molar-refractivity contribution in [3.05, 3.63) is 105 Å². The summed E-state index contributed by atoms with van der Waals surface area (Å²) in [6.45, 7) is 6.22. The summed E-state index contributed by atoms with van der Waals surface area (Å²) in [6, 6.07) is 18.6. The van der Waals surface area contributed by atoms with E-state index < -0.39 is 28.4 Å². The van der Waals surface area contributed by atoms with Gasteiger partial charge in [-0.05, 0) is 40.8 Å². The van der Waals surface area contributed by atoms with E-state index in [0.29, 0.717) is 17.0 Å². The summed E-state index contributed by atoms with van der Waals surface area (Å²) < 4.78 is 5.34. The predicted molar refractivity (Wildman–Crippen MR) is 136 cm³/mol. The van der Waals surface area contributed by atoms with E-state index in [9.17, 15) is 24.8 Å². The second-order valence-electron chi connectivity index (χ2n) is 9.55. The van der Waals surface area contributed by atoms with E-state index in [1.54, 1.807) is 36.4 Å². The van der Waals surface area contributed by atoms with Crippen LogP contribution in [0.15, 0.2) is 78.4 Å². The molecule has 1 atom stereocenters. The fraction of sp³-hybridized carbons (Fsp3) is 0.214. The van der Waals surface area contributed by atoms with Crippen molar-refractivity contribution in [2.75, 3.05) is 12.0 Å². The van der Waals surface area contributed by atoms with Crippen LogP contribution in [-0.4, -0.2) is 28.8 Å². The summed E-state index contributed by atoms with van der Waals surface area (Å²) >= 11 is 0. The van der Waals surface area contributed by atoms with E-state index in [0.717, 1.165) is 5.56 Å². The number of Topliss-reactive ketones (excluding diaryl/α,β-unsaturated/α-hetero) is 1. The maximum atomic E-state index is 13.3. The number of carbonyl (C=O) groups excluding carboxylic acids is 2. The molecule has 1 unspecified atom stereocenters. The first-order chi connectivity index (χ1) is 17.0. The molecule has 8 heteroatoms. The van der Waals surface area contributed by atoms with Gasteiger partial charge in [0.2, 0.25) is 0 Å². The number of nitro groups is 1. The number of non-ortho nitro benzene ring substituents is 1. The van der Waals surface area contributed by atoms with E-state index in [4.69, 9.17) is 4.74 Å². The zero-order chi connectivity index (χ0) is 26.2. The van der Waals surface area contributed by atoms with Gasteiger partial charge in [-0.3, -0.25) is 24.6 Å². The Bertz CT molecular complexity index is 1390. The molecule has 184 valence electrons. The first-order valence-corrected chi connectivity index (χ1v) is 11.3. The summed E-state index contributed by atoms with van der Waals surface area (Å²) in [6.07, 6.45) is 0. The van der Waals surface area contributed by atoms with Gasteiger partial charge in [-0.2, -0.15) is 0 Å². The number of carbonyl (C=O) groups is 2. The molecule has 1 amide bonds. The number of aliphatic hydroxyl groups excluding tert-OH is 1. The summed E-state index contributed by atoms with van der Waals surface area (Å²) in [5, 5.41) is 22.5. The Morgan fingerprint density at radius 2 is 1.67 bits per heavy atom. The SMILES string of the molecule is COc1cccc(C2/C(=C(/O)c3cccc([N+](=O)[O-])c3)C(=O)C(=O)N2c2ccc(C(C)(C)C)cc2)c1. The summed E-state index contributed by atoms with van der Waals surface area (Å²) in [5.74, 6) is -1.67. The molecule has 0 saturated carbocycles. The van der Waals surface area contributed by atoms with Gasteiger partial charge in [0.05, 0.1) is 23.6 Å². The standard InChI is InChI=1S/C28H26N2O6/c1-28(2,3)19-11-13-20(14-12-19)29-24(17-7-6-10-22(16-17)36-4)23(26(32)27(29)33)25(31)18-8-5-9-21(15-18)30(34)35/h5-16,24,31H,1-4H3/b25-23-. The maximum Gasteiger partial charge on any atom is 0.300 e. The van der Waals surface area contributed by atoms with Crippen LogP contribution in [0, 0.1) is 10.1 Å². The lowest BCUT2D eigenvalue weighted by molar-refractivity contribution is -0.384. The van der Waals surface area contributed by atoms with Crippen LogP contribution in [0.25, 0.3) is 5.76 Å². The molecule has 1 N–H and O–H groups in total. The molecule has 0 bridgehead atoms. The average molecular weight is 487 g/mol. The number of hydrogen-bond acceptors (Lipinski definition) is 6. The molecule has 3 aromatic carbocycles. The van der Waals surface area contributed by atoms with E-state index in [1.165, 1.54) is 36.3 Å². The van der Waals surface area contributed by atoms with Crippen LogP contribution >= 0.6 is 0 Å². The van der Waals surface area contributed by atoms with Gasteiger partial charge >= 0.3 is 0 Å². The molecule has 4 rings (SSSR count). The van der Waals surface area contributed by atoms with Crippen molar-refractivity contribution in [1.82, 2.24) is 0 Å². The monoisotopic (exact) mass is 486 g/mol. The smallest absolute Gasteiger partial charge is 0.300 e. The molecule has 1 aliphatic heterocycles. The van der Waals surface area contributed by atoms with Gasteiger partial charge in [-0.25, -0.2) is 0 Å². The number of benzene rings is 3. The van der Waals surface area contributed by atoms with Crippen LogP contribution in [0.1, 0.15) is 43.5 Å². The van der Waals surface area contributed by atoms with Crippen molar-refractivity contribution >= 4 is 28.8 Å². The zero-order valence-corrected chi connectivity index (χ0v) is 20.4. The molecular weight excluding hydrogens is 460 g/mol. The third kappa shape index (κ3) is 4.45. The van der Waals surface area contributed by atoms with Crippen LogP contribution in [0.3, 0.4) is 0 Å². The summed E-state index contributed by atoms with van der Waals surface area (Å²) in [4.78, 5) is 38.7. The number of ketones is 1. The highest BCUT2D eigenvalue weighted by Crippen LogP contribution is 2.43. The number of rotatable bonds is 5. The molecule has 1 fully saturated rings. The van der Waals surface area contributed by atoms with Crippen LogP contribution < -0.4 is 9.64 Å². The van der Waals surface area contributed by atoms with Gasteiger partial charge in [-0.1, -0.05) is 57.2 Å². The third-order valence-electron chi connectivity index (χ3n) is 6.20. The number of methoxy groups -OCH3 is 1. The van der Waals surface area contributed by atoms with E-state index >= 15 is 0 Å². The molecule has 3 aromatic rings. The molecular formula is C28H26N2O6. The van der Waals surface area contributed by atoms with Gasteiger partial charge in [0.25, 0.3) is 17.4 Å². The second-order valence-corrected chi connectivity index (χ2v) is 9.55. The number of aliphatic hydroxyl groups is 1. The molecule has 36 heavy (non-hydrogen) atoms. The van der Waals surface area contributed by atoms with Gasteiger partial charge in [0, 0.05) is 23.4 Å². The van der Waals surface area contributed by atoms with E-state index in [2.05, 4.69) is 20.8 Å². The number of nitro benzene ring substituents is 1. The van der Waals surface area contributed by atoms with Gasteiger partial charge in [-0.15, -0.1) is 0 Å². The maximum absolute atomic E-state index is 13.3. The third-order valence-corrected chi connectivity index (χ3v) is 6.20. The average Bonchev–Trinajstić information content (AvgIpc) is 3.13. The van der Waals surface area contributed by atoms with Gasteiger partial charge in [0.15, 0.2) is 0 Å². The molecule has 0 spiro atoms. The van der Waals surface area contributed by atoms with Crippen LogP contribution in [0.4, 0.5) is 11.4 Å². The van der Waals surface area contributed by atoms with Crippen molar-refractivity contribution in [3.8, 4) is 5.75 Å². The molecule has 0 aliphatic carbocycles. The Morgan fingerprint density at radius 3 is 2.28 bits per heavy atom. The highest BCUT2D eigenvalue weighted by atomic mass is 16.6. The summed E-state index contributed by atoms with van der Waals surface area (Å²) in [5.41, 5.74) is 1.63. The minimum Gasteiger partial charge on any atom is -0.507 e. The number of ether oxygens (including phenoxy) is 1. The predicted octanol–water partition coefficient (Wildman–Crippen LogP) is 5.53. The molecule has 1 aliphatic rings. The number of amides is 1. The Morgan fingerprint density at radius 1 is 1.00 bits per heavy atom. The fourth-order valence-corrected chi connectivity index (χ4v) is 4.27. The number of anilines is 1. The first-order valence-electron chi connectivity index (χ1n) is 11.3. The Balaban J connectivity index is 1.93. The normalized spacial score (nSPS) is 17.3.